The normalized spacial score (nSPS) is 14.0. The van der Waals surface area contributed by atoms with Gasteiger partial charge in [-0.05, 0) is 48.7 Å². The highest BCUT2D eigenvalue weighted by Gasteiger charge is 2.19. The van der Waals surface area contributed by atoms with Crippen LogP contribution in [0, 0.1) is 0 Å². The monoisotopic (exact) mass is 325 g/mol. The second-order valence-corrected chi connectivity index (χ2v) is 5.78. The van der Waals surface area contributed by atoms with Crippen molar-refractivity contribution in [1.29, 1.82) is 0 Å². The number of hydrogen-bond acceptors (Lipinski definition) is 5. The molecule has 5 heteroatoms. The third kappa shape index (κ3) is 4.06. The van der Waals surface area contributed by atoms with Gasteiger partial charge in [-0.15, -0.1) is 0 Å². The Kier molecular flexibility index (Phi) is 5.33. The zero-order chi connectivity index (χ0) is 16.8. The summed E-state index contributed by atoms with van der Waals surface area (Å²) >= 11 is 0. The standard InChI is InChI=1S/C19H23N3O2/c1-15-17(14-22(21-15)19-8-3-4-9-20-19)12-16-6-5-7-18(13-16)24-11-10-23-2/h3-9,13,21H,10-12,14H2,1-2H3. The summed E-state index contributed by atoms with van der Waals surface area (Å²) in [6.07, 6.45) is 2.70. The third-order valence-corrected chi connectivity index (χ3v) is 3.98. The molecule has 1 aliphatic rings. The van der Waals surface area contributed by atoms with E-state index in [0.717, 1.165) is 24.5 Å². The highest BCUT2D eigenvalue weighted by atomic mass is 16.5. The van der Waals surface area contributed by atoms with Gasteiger partial charge in [-0.3, -0.25) is 5.01 Å². The summed E-state index contributed by atoms with van der Waals surface area (Å²) in [7, 11) is 1.68. The zero-order valence-corrected chi connectivity index (χ0v) is 14.2. The average molecular weight is 325 g/mol. The van der Waals surface area contributed by atoms with Crippen molar-refractivity contribution in [2.75, 3.05) is 31.9 Å². The topological polar surface area (TPSA) is 46.6 Å². The Morgan fingerprint density at radius 3 is 2.88 bits per heavy atom. The van der Waals surface area contributed by atoms with Crippen molar-refractivity contribution in [2.45, 2.75) is 13.3 Å². The van der Waals surface area contributed by atoms with Crippen LogP contribution in [0.25, 0.3) is 0 Å². The molecular formula is C19H23N3O2. The maximum absolute atomic E-state index is 5.69. The highest BCUT2D eigenvalue weighted by Crippen LogP contribution is 2.23. The van der Waals surface area contributed by atoms with E-state index in [-0.39, 0.29) is 0 Å². The van der Waals surface area contributed by atoms with Gasteiger partial charge in [0.15, 0.2) is 0 Å². The van der Waals surface area contributed by atoms with Crippen molar-refractivity contribution in [3.63, 3.8) is 0 Å². The number of anilines is 1. The fraction of sp³-hybridized carbons (Fsp3) is 0.316. The summed E-state index contributed by atoms with van der Waals surface area (Å²) in [4.78, 5) is 4.40. The summed E-state index contributed by atoms with van der Waals surface area (Å²) in [6.45, 7) is 4.10. The van der Waals surface area contributed by atoms with Crippen LogP contribution in [-0.2, 0) is 11.2 Å². The Morgan fingerprint density at radius 2 is 2.08 bits per heavy atom. The van der Waals surface area contributed by atoms with E-state index in [1.54, 1.807) is 7.11 Å². The lowest BCUT2D eigenvalue weighted by Crippen LogP contribution is -2.32. The molecule has 3 rings (SSSR count). The summed E-state index contributed by atoms with van der Waals surface area (Å²) in [6, 6.07) is 14.2. The molecule has 0 atom stereocenters. The molecule has 2 heterocycles. The Labute approximate surface area is 142 Å². The van der Waals surface area contributed by atoms with E-state index >= 15 is 0 Å². The van der Waals surface area contributed by atoms with Gasteiger partial charge in [0, 0.05) is 19.0 Å². The van der Waals surface area contributed by atoms with Gasteiger partial charge in [0.25, 0.3) is 0 Å². The zero-order valence-electron chi connectivity index (χ0n) is 14.2. The Hall–Kier alpha value is -2.53. The maximum Gasteiger partial charge on any atom is 0.147 e. The maximum atomic E-state index is 5.69. The molecule has 126 valence electrons. The first kappa shape index (κ1) is 16.3. The van der Waals surface area contributed by atoms with Crippen LogP contribution >= 0.6 is 0 Å². The van der Waals surface area contributed by atoms with Crippen molar-refractivity contribution in [1.82, 2.24) is 10.4 Å². The second kappa shape index (κ2) is 7.84. The van der Waals surface area contributed by atoms with Crippen LogP contribution in [0.4, 0.5) is 5.82 Å². The minimum Gasteiger partial charge on any atom is -0.491 e. The number of rotatable bonds is 7. The summed E-state index contributed by atoms with van der Waals surface area (Å²) < 4.78 is 10.7. The van der Waals surface area contributed by atoms with Gasteiger partial charge in [-0.2, -0.15) is 0 Å². The van der Waals surface area contributed by atoms with Gasteiger partial charge < -0.3 is 14.9 Å². The summed E-state index contributed by atoms with van der Waals surface area (Å²) in [5.41, 5.74) is 7.18. The molecule has 1 aliphatic heterocycles. The van der Waals surface area contributed by atoms with Crippen LogP contribution < -0.4 is 15.2 Å². The summed E-state index contributed by atoms with van der Waals surface area (Å²) in [5.74, 6) is 1.82. The first-order valence-electron chi connectivity index (χ1n) is 8.11. The van der Waals surface area contributed by atoms with Gasteiger partial charge in [0.05, 0.1) is 13.2 Å². The molecule has 0 fully saturated rings. The molecule has 1 N–H and O–H groups in total. The first-order chi connectivity index (χ1) is 11.8. The number of aromatic nitrogens is 1. The minimum absolute atomic E-state index is 0.566. The number of hydrazine groups is 1. The van der Waals surface area contributed by atoms with Crippen LogP contribution in [0.3, 0.4) is 0 Å². The Morgan fingerprint density at radius 1 is 1.17 bits per heavy atom. The fourth-order valence-corrected chi connectivity index (χ4v) is 2.71. The van der Waals surface area contributed by atoms with Crippen molar-refractivity contribution in [3.05, 3.63) is 65.5 Å². The van der Waals surface area contributed by atoms with E-state index in [1.807, 2.05) is 36.5 Å². The molecule has 24 heavy (non-hydrogen) atoms. The lowest BCUT2D eigenvalue weighted by Gasteiger charge is -2.18. The molecule has 1 aromatic heterocycles. The van der Waals surface area contributed by atoms with E-state index in [0.29, 0.717) is 13.2 Å². The molecule has 2 aromatic rings. The van der Waals surface area contributed by atoms with Crippen molar-refractivity contribution in [2.24, 2.45) is 0 Å². The first-order valence-corrected chi connectivity index (χ1v) is 8.11. The van der Waals surface area contributed by atoms with E-state index in [9.17, 15) is 0 Å². The van der Waals surface area contributed by atoms with Gasteiger partial charge in [0.1, 0.15) is 18.2 Å². The molecule has 0 unspecified atom stereocenters. The molecule has 1 aromatic carbocycles. The van der Waals surface area contributed by atoms with Gasteiger partial charge >= 0.3 is 0 Å². The third-order valence-electron chi connectivity index (χ3n) is 3.98. The van der Waals surface area contributed by atoms with E-state index in [1.165, 1.54) is 16.8 Å². The van der Waals surface area contributed by atoms with Gasteiger partial charge in [0.2, 0.25) is 0 Å². The number of methoxy groups -OCH3 is 1. The fourth-order valence-electron chi connectivity index (χ4n) is 2.71. The average Bonchev–Trinajstić information content (AvgIpc) is 2.97. The smallest absolute Gasteiger partial charge is 0.147 e. The number of allylic oxidation sites excluding steroid dienone is 1. The van der Waals surface area contributed by atoms with E-state index < -0.39 is 0 Å². The van der Waals surface area contributed by atoms with Crippen molar-refractivity contribution in [3.8, 4) is 5.75 Å². The second-order valence-electron chi connectivity index (χ2n) is 5.78. The number of hydrogen-bond donors (Lipinski definition) is 1. The molecule has 0 aliphatic carbocycles. The quantitative estimate of drug-likeness (QED) is 0.793. The predicted octanol–water partition coefficient (Wildman–Crippen LogP) is 2.95. The summed E-state index contributed by atoms with van der Waals surface area (Å²) in [5, 5.41) is 2.07. The Bertz CT molecular complexity index is 701. The van der Waals surface area contributed by atoms with Crippen LogP contribution in [0.2, 0.25) is 0 Å². The van der Waals surface area contributed by atoms with E-state index in [4.69, 9.17) is 9.47 Å². The van der Waals surface area contributed by atoms with Gasteiger partial charge in [-0.1, -0.05) is 18.2 Å². The van der Waals surface area contributed by atoms with Crippen LogP contribution in [-0.4, -0.2) is 31.9 Å². The largest absolute Gasteiger partial charge is 0.491 e. The molecule has 0 spiro atoms. The van der Waals surface area contributed by atoms with Gasteiger partial charge in [-0.25, -0.2) is 4.98 Å². The molecule has 0 bridgehead atoms. The molecular weight excluding hydrogens is 302 g/mol. The van der Waals surface area contributed by atoms with Crippen LogP contribution in [0.15, 0.2) is 59.9 Å². The van der Waals surface area contributed by atoms with Crippen molar-refractivity contribution >= 4 is 5.82 Å². The lowest BCUT2D eigenvalue weighted by molar-refractivity contribution is 0.146. The lowest BCUT2D eigenvalue weighted by atomic mass is 10.0. The molecule has 0 amide bonds. The van der Waals surface area contributed by atoms with Crippen LogP contribution in [0.5, 0.6) is 5.75 Å². The molecule has 0 saturated heterocycles. The highest BCUT2D eigenvalue weighted by molar-refractivity contribution is 5.44. The molecule has 0 radical (unpaired) electrons. The number of pyridine rings is 1. The molecule has 5 nitrogen and oxygen atoms in total. The predicted molar refractivity (Wildman–Crippen MR) is 94.9 cm³/mol. The minimum atomic E-state index is 0.566. The number of ether oxygens (including phenoxy) is 2. The van der Waals surface area contributed by atoms with Crippen molar-refractivity contribution < 1.29 is 9.47 Å². The molecule has 0 saturated carbocycles. The van der Waals surface area contributed by atoms with E-state index in [2.05, 4.69) is 34.5 Å². The van der Waals surface area contributed by atoms with Crippen LogP contribution in [0.1, 0.15) is 12.5 Å². The Balaban J connectivity index is 1.63. The number of nitrogens with one attached hydrogen (secondary N) is 1. The number of nitrogens with zero attached hydrogens (tertiary/aromatic N) is 2. The number of benzene rings is 1. The SMILES string of the molecule is COCCOc1cccc(CC2=C(C)NN(c3ccccn3)C2)c1.